The summed E-state index contributed by atoms with van der Waals surface area (Å²) < 4.78 is 59.1. The highest BCUT2D eigenvalue weighted by Gasteiger charge is 2.44. The van der Waals surface area contributed by atoms with Crippen molar-refractivity contribution in [1.82, 2.24) is 19.3 Å². The maximum absolute atomic E-state index is 14.0. The van der Waals surface area contributed by atoms with E-state index >= 15 is 0 Å². The predicted molar refractivity (Wildman–Crippen MR) is 119 cm³/mol. The van der Waals surface area contributed by atoms with Crippen LogP contribution in [0.1, 0.15) is 17.4 Å². The van der Waals surface area contributed by atoms with Crippen LogP contribution in [0.2, 0.25) is 0 Å². The zero-order chi connectivity index (χ0) is 23.9. The molecule has 2 aromatic heterocycles. The van der Waals surface area contributed by atoms with Gasteiger partial charge in [-0.3, -0.25) is 0 Å². The van der Waals surface area contributed by atoms with E-state index in [1.165, 1.54) is 16.8 Å². The van der Waals surface area contributed by atoms with E-state index in [2.05, 4.69) is 21.8 Å². The highest BCUT2D eigenvalue weighted by molar-refractivity contribution is 7.87. The maximum Gasteiger partial charge on any atom is 0.274 e. The summed E-state index contributed by atoms with van der Waals surface area (Å²) in [5.41, 5.74) is 5.86. The van der Waals surface area contributed by atoms with Gasteiger partial charge in [-0.15, -0.1) is 12.4 Å². The number of nitrogen functional groups attached to an aromatic ring is 1. The van der Waals surface area contributed by atoms with Gasteiger partial charge in [-0.25, -0.2) is 23.9 Å². The Hall–Kier alpha value is -2.90. The summed E-state index contributed by atoms with van der Waals surface area (Å²) in [7, 11) is -4.06. The number of benzene rings is 1. The molecule has 4 rings (SSSR count). The minimum absolute atomic E-state index is 0. The van der Waals surface area contributed by atoms with Crippen molar-refractivity contribution < 1.29 is 32.1 Å². The SMILES string of the molecule is Cl.Nc1ncnc2c1c(C#Cc1c(F)cccc1F)cn2[C@@H]1O[C@H](CNS(N)(=O)=O)[C@@H](O)[C@H]1O. The first-order chi connectivity index (χ1) is 15.6. The molecule has 1 aromatic carbocycles. The van der Waals surface area contributed by atoms with E-state index in [-0.39, 0.29) is 34.8 Å². The number of nitrogens with one attached hydrogen (secondary N) is 1. The van der Waals surface area contributed by atoms with Gasteiger partial charge in [-0.05, 0) is 12.1 Å². The molecule has 3 heterocycles. The Morgan fingerprint density at radius 3 is 2.50 bits per heavy atom. The summed E-state index contributed by atoms with van der Waals surface area (Å²) in [6.07, 6.45) is -2.79. The number of hydrogen-bond donors (Lipinski definition) is 5. The average Bonchev–Trinajstić information content (AvgIpc) is 3.24. The normalized spacial score (nSPS) is 22.3. The van der Waals surface area contributed by atoms with Crippen molar-refractivity contribution in [2.75, 3.05) is 12.3 Å². The lowest BCUT2D eigenvalue weighted by Gasteiger charge is -2.17. The summed E-state index contributed by atoms with van der Waals surface area (Å²) >= 11 is 0. The molecule has 15 heteroatoms. The van der Waals surface area contributed by atoms with Gasteiger partial charge >= 0.3 is 0 Å². The van der Waals surface area contributed by atoms with Gasteiger partial charge in [0.05, 0.1) is 16.5 Å². The Morgan fingerprint density at radius 1 is 1.18 bits per heavy atom. The number of aliphatic hydroxyl groups excluding tert-OH is 2. The first kappa shape index (κ1) is 25.7. The molecule has 0 spiro atoms. The quantitative estimate of drug-likeness (QED) is 0.289. The second kappa shape index (κ2) is 9.76. The Morgan fingerprint density at radius 2 is 1.85 bits per heavy atom. The van der Waals surface area contributed by atoms with Gasteiger partial charge in [0.25, 0.3) is 10.2 Å². The van der Waals surface area contributed by atoms with Crippen molar-refractivity contribution in [3.63, 3.8) is 0 Å². The second-order valence-corrected chi connectivity index (χ2v) is 8.57. The molecular weight excluding hydrogens is 498 g/mol. The Labute approximate surface area is 198 Å². The van der Waals surface area contributed by atoms with E-state index < -0.39 is 58.5 Å². The van der Waals surface area contributed by atoms with Crippen molar-refractivity contribution in [2.45, 2.75) is 24.5 Å². The van der Waals surface area contributed by atoms with Crippen molar-refractivity contribution in [3.05, 3.63) is 53.5 Å². The van der Waals surface area contributed by atoms with Gasteiger partial charge in [0.15, 0.2) is 6.23 Å². The molecule has 11 nitrogen and oxygen atoms in total. The fourth-order valence-electron chi connectivity index (χ4n) is 3.47. The van der Waals surface area contributed by atoms with Crippen LogP contribution in [0.15, 0.2) is 30.7 Å². The van der Waals surface area contributed by atoms with Crippen LogP contribution in [0.4, 0.5) is 14.6 Å². The van der Waals surface area contributed by atoms with Crippen LogP contribution < -0.4 is 15.6 Å². The molecular formula is C19H19ClF2N6O5S. The smallest absolute Gasteiger partial charge is 0.274 e. The minimum Gasteiger partial charge on any atom is -0.387 e. The van der Waals surface area contributed by atoms with Gasteiger partial charge in [-0.1, -0.05) is 17.9 Å². The van der Waals surface area contributed by atoms with Gasteiger partial charge in [0.2, 0.25) is 0 Å². The Bertz CT molecular complexity index is 1370. The summed E-state index contributed by atoms with van der Waals surface area (Å²) in [5.74, 6) is 3.37. The van der Waals surface area contributed by atoms with Gasteiger partial charge in [0, 0.05) is 12.7 Å². The third-order valence-corrected chi connectivity index (χ3v) is 5.59. The van der Waals surface area contributed by atoms with Gasteiger partial charge in [0.1, 0.15) is 47.7 Å². The van der Waals surface area contributed by atoms with Gasteiger partial charge in [-0.2, -0.15) is 13.1 Å². The molecule has 0 radical (unpaired) electrons. The summed E-state index contributed by atoms with van der Waals surface area (Å²) in [5, 5.41) is 25.9. The molecule has 0 unspecified atom stereocenters. The molecule has 4 atom stereocenters. The number of nitrogens with zero attached hydrogens (tertiary/aromatic N) is 3. The van der Waals surface area contributed by atoms with Crippen molar-refractivity contribution in [3.8, 4) is 11.8 Å². The van der Waals surface area contributed by atoms with Crippen LogP contribution in [0.5, 0.6) is 0 Å². The summed E-state index contributed by atoms with van der Waals surface area (Å²) in [6, 6.07) is 3.33. The number of halogens is 3. The number of aliphatic hydroxyl groups is 2. The van der Waals surface area contributed by atoms with E-state index in [1.807, 2.05) is 4.72 Å². The summed E-state index contributed by atoms with van der Waals surface area (Å²) in [6.45, 7) is -0.400. The molecule has 1 saturated heterocycles. The third kappa shape index (κ3) is 4.95. The zero-order valence-corrected chi connectivity index (χ0v) is 18.7. The van der Waals surface area contributed by atoms with Crippen LogP contribution in [-0.4, -0.2) is 58.0 Å². The van der Waals surface area contributed by atoms with E-state index in [9.17, 15) is 27.4 Å². The Balaban J connectivity index is 0.00000324. The fourth-order valence-corrected chi connectivity index (χ4v) is 3.87. The molecule has 1 fully saturated rings. The van der Waals surface area contributed by atoms with Gasteiger partial charge < -0.3 is 25.3 Å². The number of hydrogen-bond acceptors (Lipinski definition) is 8. The van der Waals surface area contributed by atoms with E-state index in [1.54, 1.807) is 0 Å². The first-order valence-electron chi connectivity index (χ1n) is 9.43. The number of anilines is 1. The monoisotopic (exact) mass is 516 g/mol. The lowest BCUT2D eigenvalue weighted by molar-refractivity contribution is -0.0327. The Kier molecular flexibility index (Phi) is 7.38. The summed E-state index contributed by atoms with van der Waals surface area (Å²) in [4.78, 5) is 8.02. The molecule has 1 aliphatic heterocycles. The van der Waals surface area contributed by atoms with E-state index in [0.717, 1.165) is 18.5 Å². The second-order valence-electron chi connectivity index (χ2n) is 7.19. The van der Waals surface area contributed by atoms with E-state index in [0.29, 0.717) is 0 Å². The van der Waals surface area contributed by atoms with Crippen molar-refractivity contribution >= 4 is 39.5 Å². The molecule has 1 aliphatic rings. The van der Waals surface area contributed by atoms with Crippen LogP contribution >= 0.6 is 12.4 Å². The van der Waals surface area contributed by atoms with Crippen LogP contribution in [0.25, 0.3) is 11.0 Å². The standard InChI is InChI=1S/C19H18F2N6O5S.ClH/c20-11-2-1-3-12(21)10(11)5-4-9-7-27(18-14(9)17(22)24-8-25-18)19-16(29)15(28)13(32-19)6-26-33(23,30)31;/h1-3,7-8,13,15-16,19,26,28-29H,6H2,(H2,22,24,25)(H2,23,30,31);1H/t13-,15-,16-,19-;/m1./s1. The molecule has 34 heavy (non-hydrogen) atoms. The molecule has 0 bridgehead atoms. The minimum atomic E-state index is -4.06. The van der Waals surface area contributed by atoms with Crippen molar-refractivity contribution in [2.24, 2.45) is 5.14 Å². The van der Waals surface area contributed by atoms with E-state index in [4.69, 9.17) is 15.6 Å². The number of rotatable bonds is 4. The largest absolute Gasteiger partial charge is 0.387 e. The molecule has 7 N–H and O–H groups in total. The number of nitrogens with two attached hydrogens (primary N) is 2. The lowest BCUT2D eigenvalue weighted by Crippen LogP contribution is -2.42. The molecule has 0 amide bonds. The van der Waals surface area contributed by atoms with Crippen LogP contribution in [0, 0.1) is 23.5 Å². The first-order valence-corrected chi connectivity index (χ1v) is 11.0. The molecule has 0 saturated carbocycles. The lowest BCUT2D eigenvalue weighted by atomic mass is 10.1. The average molecular weight is 517 g/mol. The van der Waals surface area contributed by atoms with Crippen LogP contribution in [0.3, 0.4) is 0 Å². The number of ether oxygens (including phenoxy) is 1. The highest BCUT2D eigenvalue weighted by atomic mass is 35.5. The highest BCUT2D eigenvalue weighted by Crippen LogP contribution is 2.34. The molecule has 3 aromatic rings. The number of fused-ring (bicyclic) bond motifs is 1. The topological polar surface area (TPSA) is 179 Å². The predicted octanol–water partition coefficient (Wildman–Crippen LogP) is -0.474. The molecule has 182 valence electrons. The van der Waals surface area contributed by atoms with Crippen LogP contribution in [-0.2, 0) is 14.9 Å². The maximum atomic E-state index is 14.0. The van der Waals surface area contributed by atoms with Crippen molar-refractivity contribution in [1.29, 1.82) is 0 Å². The third-order valence-electron chi connectivity index (χ3n) is 5.02. The zero-order valence-electron chi connectivity index (χ0n) is 17.1. The fraction of sp³-hybridized carbons (Fsp3) is 0.263. The number of aromatic nitrogens is 3. The molecule has 0 aliphatic carbocycles.